The third kappa shape index (κ3) is 3.44. The Hall–Kier alpha value is -1.81. The van der Waals surface area contributed by atoms with Crippen molar-refractivity contribution in [3.63, 3.8) is 0 Å². The largest absolute Gasteiger partial charge is 0.445 e. The number of hydrogen-bond acceptors (Lipinski definition) is 3. The molecule has 0 aliphatic heterocycles. The maximum absolute atomic E-state index is 11.2. The fourth-order valence-electron chi connectivity index (χ4n) is 1.06. The van der Waals surface area contributed by atoms with Crippen LogP contribution in [0.5, 0.6) is 0 Å². The van der Waals surface area contributed by atoms with Gasteiger partial charge in [-0.2, -0.15) is 0 Å². The molecule has 4 heteroatoms. The second kappa shape index (κ2) is 5.82. The minimum absolute atomic E-state index is 0.127. The fraction of sp³-hybridized carbons (Fsp3) is 0.182. The fourth-order valence-corrected chi connectivity index (χ4v) is 1.06. The molecule has 0 atom stereocenters. The molecule has 4 nitrogen and oxygen atoms in total. The van der Waals surface area contributed by atoms with Gasteiger partial charge < -0.3 is 9.84 Å². The molecule has 0 aliphatic carbocycles. The summed E-state index contributed by atoms with van der Waals surface area (Å²) in [4.78, 5) is 11.2. The maximum Gasteiger partial charge on any atom is 0.411 e. The van der Waals surface area contributed by atoms with Gasteiger partial charge >= 0.3 is 6.09 Å². The van der Waals surface area contributed by atoms with Crippen molar-refractivity contribution in [2.45, 2.75) is 6.61 Å². The van der Waals surface area contributed by atoms with Gasteiger partial charge in [-0.15, -0.1) is 0 Å². The average Bonchev–Trinajstić information content (AvgIpc) is 2.27. The summed E-state index contributed by atoms with van der Waals surface area (Å²) in [5.41, 5.74) is 1.20. The number of hydrogen-bond donors (Lipinski definition) is 2. The van der Waals surface area contributed by atoms with E-state index >= 15 is 0 Å². The van der Waals surface area contributed by atoms with Crippen LogP contribution in [0.3, 0.4) is 0 Å². The Labute approximate surface area is 88.2 Å². The number of carbonyl (C=O) groups excluding carboxylic acids is 1. The molecule has 0 spiro atoms. The normalized spacial score (nSPS) is 9.40. The molecule has 1 aromatic carbocycles. The van der Waals surface area contributed by atoms with Crippen molar-refractivity contribution < 1.29 is 14.6 Å². The summed E-state index contributed by atoms with van der Waals surface area (Å²) >= 11 is 0. The second-order valence-electron chi connectivity index (χ2n) is 2.83. The van der Waals surface area contributed by atoms with E-state index in [4.69, 9.17) is 9.84 Å². The number of carbonyl (C=O) groups is 1. The van der Waals surface area contributed by atoms with Crippen molar-refractivity contribution in [1.82, 2.24) is 0 Å². The smallest absolute Gasteiger partial charge is 0.411 e. The number of aliphatic hydroxyl groups excluding tert-OH is 1. The van der Waals surface area contributed by atoms with Gasteiger partial charge in [0.15, 0.2) is 0 Å². The molecule has 0 bridgehead atoms. The summed E-state index contributed by atoms with van der Waals surface area (Å²) in [5, 5.41) is 11.5. The van der Waals surface area contributed by atoms with E-state index in [0.29, 0.717) is 11.3 Å². The van der Waals surface area contributed by atoms with Crippen LogP contribution in [0.15, 0.2) is 36.9 Å². The number of rotatable bonds is 4. The topological polar surface area (TPSA) is 58.6 Å². The van der Waals surface area contributed by atoms with Crippen LogP contribution in [-0.2, 0) is 11.3 Å². The zero-order chi connectivity index (χ0) is 11.1. The van der Waals surface area contributed by atoms with Crippen molar-refractivity contribution >= 4 is 11.8 Å². The predicted octanol–water partition coefficient (Wildman–Crippen LogP) is 1.91. The third-order valence-corrected chi connectivity index (χ3v) is 1.76. The Balaban J connectivity index is 2.63. The Morgan fingerprint density at radius 1 is 1.53 bits per heavy atom. The number of nitrogens with one attached hydrogen (secondary N) is 1. The van der Waals surface area contributed by atoms with Crippen LogP contribution < -0.4 is 5.32 Å². The first-order valence-corrected chi connectivity index (χ1v) is 4.51. The van der Waals surface area contributed by atoms with Crippen molar-refractivity contribution in [2.24, 2.45) is 0 Å². The Morgan fingerprint density at radius 2 is 2.27 bits per heavy atom. The summed E-state index contributed by atoms with van der Waals surface area (Å²) in [6, 6.07) is 6.97. The molecule has 0 aliphatic rings. The quantitative estimate of drug-likeness (QED) is 0.741. The summed E-state index contributed by atoms with van der Waals surface area (Å²) < 4.78 is 4.74. The highest BCUT2D eigenvalue weighted by atomic mass is 16.5. The standard InChI is InChI=1S/C11H13NO3/c1-2-7-15-11(14)12-10-6-4-3-5-9(10)8-13/h2-6,13H,1,7-8H2,(H,12,14). The zero-order valence-corrected chi connectivity index (χ0v) is 8.27. The first-order valence-electron chi connectivity index (χ1n) is 4.51. The number of anilines is 1. The highest BCUT2D eigenvalue weighted by Gasteiger charge is 2.05. The van der Waals surface area contributed by atoms with E-state index in [0.717, 1.165) is 0 Å². The van der Waals surface area contributed by atoms with Gasteiger partial charge in [0.05, 0.1) is 6.61 Å². The molecular formula is C11H13NO3. The number of amides is 1. The molecule has 1 amide bonds. The van der Waals surface area contributed by atoms with E-state index in [2.05, 4.69) is 11.9 Å². The minimum Gasteiger partial charge on any atom is -0.445 e. The van der Waals surface area contributed by atoms with Gasteiger partial charge in [-0.3, -0.25) is 5.32 Å². The monoisotopic (exact) mass is 207 g/mol. The molecule has 0 heterocycles. The van der Waals surface area contributed by atoms with Crippen molar-refractivity contribution in [3.8, 4) is 0 Å². The van der Waals surface area contributed by atoms with Crippen LogP contribution in [0.2, 0.25) is 0 Å². The number of para-hydroxylation sites is 1. The van der Waals surface area contributed by atoms with Crippen molar-refractivity contribution in [3.05, 3.63) is 42.5 Å². The SMILES string of the molecule is C=CCOC(=O)Nc1ccccc1CO. The Morgan fingerprint density at radius 3 is 2.93 bits per heavy atom. The van der Waals surface area contributed by atoms with E-state index in [1.54, 1.807) is 24.3 Å². The van der Waals surface area contributed by atoms with Gasteiger partial charge in [-0.25, -0.2) is 4.79 Å². The molecule has 1 aromatic rings. The molecule has 2 N–H and O–H groups in total. The van der Waals surface area contributed by atoms with Crippen LogP contribution in [-0.4, -0.2) is 17.8 Å². The molecular weight excluding hydrogens is 194 g/mol. The molecule has 0 unspecified atom stereocenters. The highest BCUT2D eigenvalue weighted by molar-refractivity contribution is 5.85. The third-order valence-electron chi connectivity index (χ3n) is 1.76. The summed E-state index contributed by atoms with van der Waals surface area (Å²) in [6.07, 6.45) is 0.924. The minimum atomic E-state index is -0.559. The molecule has 0 saturated carbocycles. The predicted molar refractivity (Wildman–Crippen MR) is 57.5 cm³/mol. The van der Waals surface area contributed by atoms with Gasteiger partial charge in [0.25, 0.3) is 0 Å². The van der Waals surface area contributed by atoms with Crippen LogP contribution in [0.25, 0.3) is 0 Å². The van der Waals surface area contributed by atoms with E-state index in [1.807, 2.05) is 0 Å². The Kier molecular flexibility index (Phi) is 4.37. The van der Waals surface area contributed by atoms with E-state index in [9.17, 15) is 4.79 Å². The highest BCUT2D eigenvalue weighted by Crippen LogP contribution is 2.14. The average molecular weight is 207 g/mol. The lowest BCUT2D eigenvalue weighted by atomic mass is 10.2. The van der Waals surface area contributed by atoms with Gasteiger partial charge in [-0.1, -0.05) is 30.9 Å². The zero-order valence-electron chi connectivity index (χ0n) is 8.27. The Bertz CT molecular complexity index is 349. The van der Waals surface area contributed by atoms with Crippen molar-refractivity contribution in [1.29, 1.82) is 0 Å². The van der Waals surface area contributed by atoms with E-state index < -0.39 is 6.09 Å². The molecule has 80 valence electrons. The number of ether oxygens (including phenoxy) is 1. The summed E-state index contributed by atoms with van der Waals surface area (Å²) in [7, 11) is 0. The lowest BCUT2D eigenvalue weighted by Gasteiger charge is -2.08. The molecule has 0 radical (unpaired) electrons. The van der Waals surface area contributed by atoms with Gasteiger partial charge in [0.1, 0.15) is 6.61 Å². The van der Waals surface area contributed by atoms with Crippen LogP contribution >= 0.6 is 0 Å². The molecule has 0 fully saturated rings. The van der Waals surface area contributed by atoms with E-state index in [1.165, 1.54) is 6.08 Å². The second-order valence-corrected chi connectivity index (χ2v) is 2.83. The van der Waals surface area contributed by atoms with Crippen LogP contribution in [0.1, 0.15) is 5.56 Å². The lowest BCUT2D eigenvalue weighted by Crippen LogP contribution is -2.14. The number of benzene rings is 1. The molecule has 15 heavy (non-hydrogen) atoms. The molecule has 1 rings (SSSR count). The summed E-state index contributed by atoms with van der Waals surface area (Å²) in [6.45, 7) is 3.46. The van der Waals surface area contributed by atoms with Crippen LogP contribution in [0, 0.1) is 0 Å². The first-order chi connectivity index (χ1) is 7.27. The maximum atomic E-state index is 11.2. The molecule has 0 saturated heterocycles. The lowest BCUT2D eigenvalue weighted by molar-refractivity contribution is 0.174. The van der Waals surface area contributed by atoms with Gasteiger partial charge in [0.2, 0.25) is 0 Å². The van der Waals surface area contributed by atoms with Gasteiger partial charge in [0, 0.05) is 11.3 Å². The van der Waals surface area contributed by atoms with Crippen molar-refractivity contribution in [2.75, 3.05) is 11.9 Å². The number of aliphatic hydroxyl groups is 1. The van der Waals surface area contributed by atoms with Gasteiger partial charge in [-0.05, 0) is 6.07 Å². The van der Waals surface area contributed by atoms with E-state index in [-0.39, 0.29) is 13.2 Å². The molecule has 0 aromatic heterocycles. The summed E-state index contributed by atoms with van der Waals surface area (Å²) in [5.74, 6) is 0. The first kappa shape index (κ1) is 11.3. The van der Waals surface area contributed by atoms with Crippen LogP contribution in [0.4, 0.5) is 10.5 Å².